The molecule has 1 aliphatic rings. The van der Waals surface area contributed by atoms with Crippen LogP contribution in [-0.4, -0.2) is 40.1 Å². The minimum atomic E-state index is -0.440. The van der Waals surface area contributed by atoms with Crippen molar-refractivity contribution in [2.24, 2.45) is 5.92 Å². The van der Waals surface area contributed by atoms with Crippen LogP contribution in [0.4, 0.5) is 0 Å². The van der Waals surface area contributed by atoms with E-state index in [0.717, 1.165) is 6.42 Å². The van der Waals surface area contributed by atoms with E-state index in [-0.39, 0.29) is 11.8 Å². The number of likely N-dealkylation sites (tertiary alicyclic amines) is 1. The topological polar surface area (TPSA) is 53.4 Å². The number of aliphatic hydroxyl groups excluding tert-OH is 1. The average Bonchev–Trinajstić information content (AvgIpc) is 2.32. The van der Waals surface area contributed by atoms with E-state index in [1.54, 1.807) is 17.0 Å². The number of hydrogen-bond donors (Lipinski definition) is 1. The van der Waals surface area contributed by atoms with E-state index in [1.807, 2.05) is 6.92 Å². The Kier molecular flexibility index (Phi) is 3.64. The van der Waals surface area contributed by atoms with E-state index >= 15 is 0 Å². The summed E-state index contributed by atoms with van der Waals surface area (Å²) in [5.41, 5.74) is 0.520. The van der Waals surface area contributed by atoms with Gasteiger partial charge in [0.05, 0.1) is 6.10 Å². The van der Waals surface area contributed by atoms with Crippen molar-refractivity contribution in [3.8, 4) is 0 Å². The number of aromatic nitrogens is 1. The highest BCUT2D eigenvalue weighted by atomic mass is 35.5. The van der Waals surface area contributed by atoms with E-state index in [1.165, 1.54) is 6.20 Å². The maximum Gasteiger partial charge on any atom is 0.254 e. The SMILES string of the molecule is CC1CCN(C(=O)c2ccnc(Cl)c2)CC1O. The van der Waals surface area contributed by atoms with Gasteiger partial charge in [0.1, 0.15) is 5.15 Å². The van der Waals surface area contributed by atoms with E-state index in [2.05, 4.69) is 4.98 Å². The second-order valence-electron chi connectivity index (χ2n) is 4.45. The lowest BCUT2D eigenvalue weighted by Crippen LogP contribution is -2.45. The Labute approximate surface area is 105 Å². The highest BCUT2D eigenvalue weighted by Gasteiger charge is 2.27. The van der Waals surface area contributed by atoms with E-state index < -0.39 is 6.10 Å². The molecule has 2 heterocycles. The summed E-state index contributed by atoms with van der Waals surface area (Å²) < 4.78 is 0. The number of halogens is 1. The summed E-state index contributed by atoms with van der Waals surface area (Å²) in [4.78, 5) is 17.6. The second-order valence-corrected chi connectivity index (χ2v) is 4.84. The van der Waals surface area contributed by atoms with Gasteiger partial charge in [0, 0.05) is 24.8 Å². The molecule has 5 heteroatoms. The molecule has 1 N–H and O–H groups in total. The lowest BCUT2D eigenvalue weighted by Gasteiger charge is -2.34. The van der Waals surface area contributed by atoms with E-state index in [4.69, 9.17) is 11.6 Å². The summed E-state index contributed by atoms with van der Waals surface area (Å²) in [7, 11) is 0. The number of aliphatic hydroxyl groups is 1. The molecule has 1 aliphatic heterocycles. The highest BCUT2D eigenvalue weighted by molar-refractivity contribution is 6.29. The Hall–Kier alpha value is -1.13. The van der Waals surface area contributed by atoms with Crippen molar-refractivity contribution in [2.45, 2.75) is 19.4 Å². The van der Waals surface area contributed by atoms with Gasteiger partial charge in [-0.3, -0.25) is 4.79 Å². The summed E-state index contributed by atoms with van der Waals surface area (Å²) in [6.07, 6.45) is 1.90. The van der Waals surface area contributed by atoms with Crippen LogP contribution in [-0.2, 0) is 0 Å². The first-order chi connectivity index (χ1) is 8.08. The molecule has 2 unspecified atom stereocenters. The van der Waals surface area contributed by atoms with Crippen molar-refractivity contribution < 1.29 is 9.90 Å². The lowest BCUT2D eigenvalue weighted by atomic mass is 9.95. The number of piperidine rings is 1. The average molecular weight is 255 g/mol. The number of amides is 1. The Morgan fingerprint density at radius 3 is 3.06 bits per heavy atom. The highest BCUT2D eigenvalue weighted by Crippen LogP contribution is 2.19. The molecule has 17 heavy (non-hydrogen) atoms. The second kappa shape index (κ2) is 5.02. The zero-order valence-electron chi connectivity index (χ0n) is 9.64. The summed E-state index contributed by atoms with van der Waals surface area (Å²) in [5.74, 6) is 0.153. The van der Waals surface area contributed by atoms with Gasteiger partial charge in [0.15, 0.2) is 0 Å². The monoisotopic (exact) mass is 254 g/mol. The van der Waals surface area contributed by atoms with Crippen LogP contribution in [0.1, 0.15) is 23.7 Å². The Morgan fingerprint density at radius 1 is 1.65 bits per heavy atom. The lowest BCUT2D eigenvalue weighted by molar-refractivity contribution is 0.0248. The van der Waals surface area contributed by atoms with Crippen molar-refractivity contribution in [3.05, 3.63) is 29.0 Å². The summed E-state index contributed by atoms with van der Waals surface area (Å²) in [5, 5.41) is 10.1. The first kappa shape index (κ1) is 12.3. The van der Waals surface area contributed by atoms with Gasteiger partial charge in [-0.1, -0.05) is 18.5 Å². The minimum absolute atomic E-state index is 0.0970. The number of nitrogens with zero attached hydrogens (tertiary/aromatic N) is 2. The standard InChI is InChI=1S/C12H15ClN2O2/c1-8-3-5-15(7-10(8)16)12(17)9-2-4-14-11(13)6-9/h2,4,6,8,10,16H,3,5,7H2,1H3. The molecule has 0 spiro atoms. The largest absolute Gasteiger partial charge is 0.391 e. The third kappa shape index (κ3) is 2.76. The molecule has 1 fully saturated rings. The number of β-amino-alcohol motifs (C(OH)–C–C–N with tert-alkyl or cyclic N) is 1. The van der Waals surface area contributed by atoms with Crippen molar-refractivity contribution >= 4 is 17.5 Å². The zero-order valence-corrected chi connectivity index (χ0v) is 10.4. The Balaban J connectivity index is 2.10. The fourth-order valence-corrected chi connectivity index (χ4v) is 2.13. The van der Waals surface area contributed by atoms with Crippen LogP contribution in [0.15, 0.2) is 18.3 Å². The fraction of sp³-hybridized carbons (Fsp3) is 0.500. The van der Waals surface area contributed by atoms with Crippen LogP contribution in [0.25, 0.3) is 0 Å². The summed E-state index contributed by atoms with van der Waals surface area (Å²) in [6.45, 7) is 3.06. The molecule has 0 saturated carbocycles. The van der Waals surface area contributed by atoms with Crippen LogP contribution in [0.3, 0.4) is 0 Å². The number of rotatable bonds is 1. The molecule has 0 aromatic carbocycles. The predicted octanol–water partition coefficient (Wildman–Crippen LogP) is 1.58. The van der Waals surface area contributed by atoms with Crippen molar-refractivity contribution in [1.29, 1.82) is 0 Å². The molecule has 0 bridgehead atoms. The third-order valence-electron chi connectivity index (χ3n) is 3.18. The number of carbonyl (C=O) groups excluding carboxylic acids is 1. The summed E-state index contributed by atoms with van der Waals surface area (Å²) in [6, 6.07) is 3.19. The van der Waals surface area contributed by atoms with Gasteiger partial charge in [0.2, 0.25) is 0 Å². The number of carbonyl (C=O) groups is 1. The molecule has 1 saturated heterocycles. The quantitative estimate of drug-likeness (QED) is 0.774. The van der Waals surface area contributed by atoms with Crippen LogP contribution >= 0.6 is 11.6 Å². The first-order valence-corrected chi connectivity index (χ1v) is 6.04. The van der Waals surface area contributed by atoms with Crippen molar-refractivity contribution in [1.82, 2.24) is 9.88 Å². The van der Waals surface area contributed by atoms with Crippen LogP contribution in [0, 0.1) is 5.92 Å². The van der Waals surface area contributed by atoms with Crippen LogP contribution in [0.5, 0.6) is 0 Å². The molecule has 92 valence electrons. The molecule has 4 nitrogen and oxygen atoms in total. The predicted molar refractivity (Wildman–Crippen MR) is 64.9 cm³/mol. The maximum atomic E-state index is 12.1. The molecule has 1 aromatic heterocycles. The smallest absolute Gasteiger partial charge is 0.254 e. The van der Waals surface area contributed by atoms with Gasteiger partial charge in [0.25, 0.3) is 5.91 Å². The zero-order chi connectivity index (χ0) is 12.4. The molecular weight excluding hydrogens is 240 g/mol. The van der Waals surface area contributed by atoms with Gasteiger partial charge >= 0.3 is 0 Å². The molecule has 0 aliphatic carbocycles. The third-order valence-corrected chi connectivity index (χ3v) is 3.39. The van der Waals surface area contributed by atoms with Gasteiger partial charge in [-0.15, -0.1) is 0 Å². The van der Waals surface area contributed by atoms with Gasteiger partial charge in [-0.2, -0.15) is 0 Å². The Morgan fingerprint density at radius 2 is 2.41 bits per heavy atom. The minimum Gasteiger partial charge on any atom is -0.391 e. The maximum absolute atomic E-state index is 12.1. The van der Waals surface area contributed by atoms with Gasteiger partial charge in [-0.25, -0.2) is 4.98 Å². The number of pyridine rings is 1. The first-order valence-electron chi connectivity index (χ1n) is 5.67. The molecule has 0 radical (unpaired) electrons. The van der Waals surface area contributed by atoms with E-state index in [0.29, 0.717) is 23.8 Å². The van der Waals surface area contributed by atoms with Gasteiger partial charge < -0.3 is 10.0 Å². The van der Waals surface area contributed by atoms with Crippen LogP contribution in [0.2, 0.25) is 5.15 Å². The van der Waals surface area contributed by atoms with E-state index in [9.17, 15) is 9.90 Å². The summed E-state index contributed by atoms with van der Waals surface area (Å²) >= 11 is 5.75. The molecular formula is C12H15ClN2O2. The van der Waals surface area contributed by atoms with Crippen molar-refractivity contribution in [3.63, 3.8) is 0 Å². The molecule has 2 atom stereocenters. The van der Waals surface area contributed by atoms with Gasteiger partial charge in [-0.05, 0) is 24.5 Å². The normalized spacial score (nSPS) is 24.8. The number of hydrogen-bond acceptors (Lipinski definition) is 3. The molecule has 1 aromatic rings. The van der Waals surface area contributed by atoms with Crippen molar-refractivity contribution in [2.75, 3.05) is 13.1 Å². The Bertz CT molecular complexity index is 425. The molecule has 2 rings (SSSR count). The van der Waals surface area contributed by atoms with Crippen LogP contribution < -0.4 is 0 Å². The fourth-order valence-electron chi connectivity index (χ4n) is 1.95. The molecule has 1 amide bonds.